The average molecular weight is 483 g/mol. The van der Waals surface area contributed by atoms with Crippen LogP contribution in [0.25, 0.3) is 0 Å². The topological polar surface area (TPSA) is 94.3 Å². The van der Waals surface area contributed by atoms with E-state index in [4.69, 9.17) is 4.74 Å². The summed E-state index contributed by atoms with van der Waals surface area (Å²) in [4.78, 5) is 28.1. The number of nitrogens with one attached hydrogen (secondary N) is 1. The van der Waals surface area contributed by atoms with E-state index in [1.54, 1.807) is 11.2 Å². The van der Waals surface area contributed by atoms with Crippen LogP contribution in [0.3, 0.4) is 0 Å². The lowest BCUT2D eigenvalue weighted by Gasteiger charge is -2.34. The summed E-state index contributed by atoms with van der Waals surface area (Å²) >= 11 is 1.51. The third-order valence-electron chi connectivity index (χ3n) is 5.51. The Kier molecular flexibility index (Phi) is 6.97. The Hall–Kier alpha value is -3.27. The summed E-state index contributed by atoms with van der Waals surface area (Å²) < 4.78 is 9.35. The second-order valence-electron chi connectivity index (χ2n) is 9.30. The minimum atomic E-state index is -0.508. The Morgan fingerprint density at radius 1 is 1.12 bits per heavy atom. The molecule has 34 heavy (non-hydrogen) atoms. The second-order valence-corrected chi connectivity index (χ2v) is 10.3. The maximum Gasteiger partial charge on any atom is 0.410 e. The molecule has 0 spiro atoms. The summed E-state index contributed by atoms with van der Waals surface area (Å²) in [6, 6.07) is 11.5. The molecule has 0 atom stereocenters. The number of likely N-dealkylation sites (tertiary alicyclic amines) is 1. The van der Waals surface area contributed by atoms with Gasteiger partial charge in [-0.2, -0.15) is 0 Å². The highest BCUT2D eigenvalue weighted by Gasteiger charge is 2.28. The lowest BCUT2D eigenvalue weighted by atomic mass is 10.0. The SMILES string of the molecule is Cn1cnnc1Sc1ccc(NC(=O)c2cccn2C2CCN(C(=O)OC(C)(C)C)CC2)cc1. The fraction of sp³-hybridized carbons (Fsp3) is 0.417. The summed E-state index contributed by atoms with van der Waals surface area (Å²) in [5.41, 5.74) is 0.819. The Labute approximate surface area is 203 Å². The van der Waals surface area contributed by atoms with Gasteiger partial charge in [-0.1, -0.05) is 0 Å². The Morgan fingerprint density at radius 3 is 2.44 bits per heavy atom. The Bertz CT molecular complexity index is 1140. The summed E-state index contributed by atoms with van der Waals surface area (Å²) in [6.07, 6.45) is 4.85. The molecule has 0 aliphatic carbocycles. The molecule has 10 heteroatoms. The smallest absolute Gasteiger partial charge is 0.410 e. The van der Waals surface area contributed by atoms with Gasteiger partial charge in [0.05, 0.1) is 0 Å². The molecular weight excluding hydrogens is 452 g/mol. The van der Waals surface area contributed by atoms with Crippen molar-refractivity contribution in [3.05, 3.63) is 54.6 Å². The standard InChI is InChI=1S/C24H30N6O3S/c1-24(2,3)33-23(32)29-14-11-18(12-15-29)30-13-5-6-20(30)21(31)26-17-7-9-19(10-8-17)34-22-27-25-16-28(22)4/h5-10,13,16,18H,11-12,14-15H2,1-4H3,(H,26,31). The first-order chi connectivity index (χ1) is 16.2. The van der Waals surface area contributed by atoms with E-state index in [9.17, 15) is 9.59 Å². The van der Waals surface area contributed by atoms with Crippen molar-refractivity contribution in [3.63, 3.8) is 0 Å². The first kappa shape index (κ1) is 23.9. The van der Waals surface area contributed by atoms with Crippen molar-refractivity contribution in [1.29, 1.82) is 0 Å². The van der Waals surface area contributed by atoms with Gasteiger partial charge in [0.15, 0.2) is 5.16 Å². The molecule has 2 amide bonds. The Balaban J connectivity index is 1.35. The lowest BCUT2D eigenvalue weighted by Crippen LogP contribution is -2.42. The van der Waals surface area contributed by atoms with Crippen molar-refractivity contribution in [1.82, 2.24) is 24.2 Å². The fourth-order valence-electron chi connectivity index (χ4n) is 3.83. The third kappa shape index (κ3) is 5.80. The monoisotopic (exact) mass is 482 g/mol. The zero-order valence-corrected chi connectivity index (χ0v) is 20.7. The molecule has 1 fully saturated rings. The van der Waals surface area contributed by atoms with E-state index < -0.39 is 5.60 Å². The maximum atomic E-state index is 13.0. The first-order valence-corrected chi connectivity index (χ1v) is 12.1. The molecule has 4 rings (SSSR count). The summed E-state index contributed by atoms with van der Waals surface area (Å²) in [5.74, 6) is -0.159. The number of carbonyl (C=O) groups excluding carboxylic acids is 2. The van der Waals surface area contributed by atoms with Gasteiger partial charge in [-0.15, -0.1) is 10.2 Å². The number of carbonyl (C=O) groups is 2. The van der Waals surface area contributed by atoms with Crippen LogP contribution < -0.4 is 5.32 Å². The number of hydrogen-bond acceptors (Lipinski definition) is 6. The first-order valence-electron chi connectivity index (χ1n) is 11.3. The molecule has 2 aromatic heterocycles. The van der Waals surface area contributed by atoms with Crippen molar-refractivity contribution in [3.8, 4) is 0 Å². The van der Waals surface area contributed by atoms with E-state index in [0.29, 0.717) is 18.8 Å². The fourth-order valence-corrected chi connectivity index (χ4v) is 4.59. The zero-order valence-electron chi connectivity index (χ0n) is 19.9. The van der Waals surface area contributed by atoms with Crippen LogP contribution in [0, 0.1) is 0 Å². The number of nitrogens with zero attached hydrogens (tertiary/aromatic N) is 5. The van der Waals surface area contributed by atoms with Gasteiger partial charge < -0.3 is 24.1 Å². The van der Waals surface area contributed by atoms with Crippen LogP contribution in [0.4, 0.5) is 10.5 Å². The molecule has 0 bridgehead atoms. The van der Waals surface area contributed by atoms with Gasteiger partial charge in [0.25, 0.3) is 5.91 Å². The molecule has 180 valence electrons. The van der Waals surface area contributed by atoms with E-state index in [0.717, 1.165) is 28.6 Å². The van der Waals surface area contributed by atoms with Crippen LogP contribution in [0.1, 0.15) is 50.1 Å². The number of ether oxygens (including phenoxy) is 1. The largest absolute Gasteiger partial charge is 0.444 e. The average Bonchev–Trinajstić information content (AvgIpc) is 3.43. The third-order valence-corrected chi connectivity index (χ3v) is 6.57. The van der Waals surface area contributed by atoms with Gasteiger partial charge in [0.1, 0.15) is 17.6 Å². The van der Waals surface area contributed by atoms with Gasteiger partial charge in [0.2, 0.25) is 0 Å². The molecule has 1 aliphatic heterocycles. The van der Waals surface area contributed by atoms with Gasteiger partial charge in [-0.25, -0.2) is 4.79 Å². The predicted molar refractivity (Wildman–Crippen MR) is 130 cm³/mol. The number of aryl methyl sites for hydroxylation is 1. The van der Waals surface area contributed by atoms with Crippen molar-refractivity contribution in [2.75, 3.05) is 18.4 Å². The van der Waals surface area contributed by atoms with Crippen LogP contribution in [-0.2, 0) is 11.8 Å². The molecule has 9 nitrogen and oxygen atoms in total. The van der Waals surface area contributed by atoms with Crippen LogP contribution in [0.15, 0.2) is 59.0 Å². The molecule has 3 heterocycles. The van der Waals surface area contributed by atoms with Crippen molar-refractivity contribution in [2.45, 2.75) is 55.3 Å². The number of anilines is 1. The molecule has 0 unspecified atom stereocenters. The normalized spacial score (nSPS) is 14.8. The van der Waals surface area contributed by atoms with Crippen LogP contribution in [0.2, 0.25) is 0 Å². The minimum absolute atomic E-state index is 0.152. The predicted octanol–water partition coefficient (Wildman–Crippen LogP) is 4.59. The number of aromatic nitrogens is 4. The molecular formula is C24H30N6O3S. The highest BCUT2D eigenvalue weighted by atomic mass is 32.2. The molecule has 1 aliphatic rings. The van der Waals surface area contributed by atoms with Gasteiger partial charge in [-0.05, 0) is 81.8 Å². The van der Waals surface area contributed by atoms with E-state index in [1.807, 2.05) is 79.5 Å². The van der Waals surface area contributed by atoms with E-state index >= 15 is 0 Å². The summed E-state index contributed by atoms with van der Waals surface area (Å²) in [6.45, 7) is 6.80. The lowest BCUT2D eigenvalue weighted by molar-refractivity contribution is 0.0187. The molecule has 1 N–H and O–H groups in total. The minimum Gasteiger partial charge on any atom is -0.444 e. The van der Waals surface area contributed by atoms with Crippen LogP contribution in [0.5, 0.6) is 0 Å². The molecule has 3 aromatic rings. The zero-order chi connectivity index (χ0) is 24.3. The number of rotatable bonds is 5. The highest BCUT2D eigenvalue weighted by Crippen LogP contribution is 2.28. The number of hydrogen-bond donors (Lipinski definition) is 1. The maximum absolute atomic E-state index is 13.0. The van der Waals surface area contributed by atoms with E-state index in [-0.39, 0.29) is 18.0 Å². The van der Waals surface area contributed by atoms with Gasteiger partial charge in [0, 0.05) is 43.0 Å². The molecule has 1 aromatic carbocycles. The number of amides is 2. The number of piperidine rings is 1. The van der Waals surface area contributed by atoms with Gasteiger partial charge >= 0.3 is 6.09 Å². The van der Waals surface area contributed by atoms with E-state index in [1.165, 1.54) is 11.8 Å². The van der Waals surface area contributed by atoms with Crippen molar-refractivity contribution >= 4 is 29.4 Å². The number of benzene rings is 1. The molecule has 1 saturated heterocycles. The van der Waals surface area contributed by atoms with Crippen LogP contribution >= 0.6 is 11.8 Å². The van der Waals surface area contributed by atoms with Crippen molar-refractivity contribution < 1.29 is 14.3 Å². The van der Waals surface area contributed by atoms with Crippen LogP contribution in [-0.4, -0.2) is 54.9 Å². The molecule has 0 radical (unpaired) electrons. The summed E-state index contributed by atoms with van der Waals surface area (Å²) in [7, 11) is 1.90. The Morgan fingerprint density at radius 2 is 1.82 bits per heavy atom. The summed E-state index contributed by atoms with van der Waals surface area (Å²) in [5, 5.41) is 11.7. The molecule has 0 saturated carbocycles. The van der Waals surface area contributed by atoms with Crippen molar-refractivity contribution in [2.24, 2.45) is 7.05 Å². The second kappa shape index (κ2) is 9.92. The highest BCUT2D eigenvalue weighted by molar-refractivity contribution is 7.99. The quantitative estimate of drug-likeness (QED) is 0.572. The van der Waals surface area contributed by atoms with Gasteiger partial charge in [-0.3, -0.25) is 4.79 Å². The van der Waals surface area contributed by atoms with E-state index in [2.05, 4.69) is 15.5 Å².